The van der Waals surface area contributed by atoms with Gasteiger partial charge in [0, 0.05) is 10.9 Å². The summed E-state index contributed by atoms with van der Waals surface area (Å²) in [5.41, 5.74) is 1.04. The Morgan fingerprint density at radius 1 is 1.37 bits per heavy atom. The maximum Gasteiger partial charge on any atom is 0.326 e. The highest BCUT2D eigenvalue weighted by atomic mass is 79.9. The van der Waals surface area contributed by atoms with E-state index in [2.05, 4.69) is 21.2 Å². The fraction of sp³-hybridized carbons (Fsp3) is 0.429. The highest BCUT2D eigenvalue weighted by Crippen LogP contribution is 2.13. The van der Waals surface area contributed by atoms with Gasteiger partial charge in [-0.3, -0.25) is 4.79 Å². The van der Waals surface area contributed by atoms with Crippen LogP contribution in [0.1, 0.15) is 25.8 Å². The number of benzene rings is 1. The second-order valence-corrected chi connectivity index (χ2v) is 5.67. The van der Waals surface area contributed by atoms with Crippen LogP contribution < -0.4 is 5.32 Å². The second kappa shape index (κ2) is 7.28. The summed E-state index contributed by atoms with van der Waals surface area (Å²) in [5, 5.41) is 11.5. The van der Waals surface area contributed by atoms with Crippen molar-refractivity contribution in [3.63, 3.8) is 0 Å². The number of amides is 1. The largest absolute Gasteiger partial charge is 0.480 e. The molecule has 0 saturated heterocycles. The van der Waals surface area contributed by atoms with Crippen LogP contribution in [-0.2, 0) is 16.0 Å². The van der Waals surface area contributed by atoms with E-state index in [1.807, 2.05) is 24.3 Å². The number of carbonyl (C=O) groups is 2. The molecule has 0 heterocycles. The first-order valence-electron chi connectivity index (χ1n) is 6.16. The van der Waals surface area contributed by atoms with Crippen molar-refractivity contribution in [1.82, 2.24) is 5.32 Å². The first kappa shape index (κ1) is 15.7. The van der Waals surface area contributed by atoms with E-state index in [9.17, 15) is 9.59 Å². The summed E-state index contributed by atoms with van der Waals surface area (Å²) in [5.74, 6) is -1.36. The number of halogens is 1. The average Bonchev–Trinajstić information content (AvgIpc) is 2.32. The van der Waals surface area contributed by atoms with Crippen molar-refractivity contribution >= 4 is 27.8 Å². The Morgan fingerprint density at radius 2 is 2.05 bits per heavy atom. The van der Waals surface area contributed by atoms with Gasteiger partial charge in [0.25, 0.3) is 0 Å². The number of aliphatic carboxylic acids is 1. The molecule has 5 heteroatoms. The minimum absolute atomic E-state index is 0.132. The Bertz CT molecular complexity index is 460. The topological polar surface area (TPSA) is 66.4 Å². The van der Waals surface area contributed by atoms with E-state index in [-0.39, 0.29) is 18.2 Å². The predicted molar refractivity (Wildman–Crippen MR) is 76.9 cm³/mol. The van der Waals surface area contributed by atoms with E-state index in [0.29, 0.717) is 6.42 Å². The van der Waals surface area contributed by atoms with Crippen LogP contribution in [0, 0.1) is 5.92 Å². The Kier molecular flexibility index (Phi) is 6.02. The molecule has 104 valence electrons. The first-order valence-corrected chi connectivity index (χ1v) is 6.96. The molecule has 0 spiro atoms. The van der Waals surface area contributed by atoms with Gasteiger partial charge in [0.2, 0.25) is 5.91 Å². The van der Waals surface area contributed by atoms with Crippen molar-refractivity contribution in [1.29, 1.82) is 0 Å². The zero-order chi connectivity index (χ0) is 14.4. The Hall–Kier alpha value is -1.36. The fourth-order valence-electron chi connectivity index (χ4n) is 1.71. The predicted octanol–water partition coefficient (Wildman–Crippen LogP) is 2.61. The van der Waals surface area contributed by atoms with E-state index >= 15 is 0 Å². The number of hydrogen-bond acceptors (Lipinski definition) is 2. The third kappa shape index (κ3) is 5.42. The molecule has 1 aromatic rings. The molecular formula is C14H18BrNO3. The third-order valence-corrected chi connectivity index (χ3v) is 3.27. The Balaban J connectivity index is 2.49. The molecule has 4 nitrogen and oxygen atoms in total. The van der Waals surface area contributed by atoms with Crippen LogP contribution in [0.25, 0.3) is 0 Å². The van der Waals surface area contributed by atoms with Gasteiger partial charge in [-0.2, -0.15) is 0 Å². The van der Waals surface area contributed by atoms with Crippen LogP contribution >= 0.6 is 15.9 Å². The third-order valence-electron chi connectivity index (χ3n) is 2.78. The highest BCUT2D eigenvalue weighted by Gasteiger charge is 2.22. The summed E-state index contributed by atoms with van der Waals surface area (Å²) in [4.78, 5) is 22.7. The SMILES string of the molecule is CC(C)[C@H](NC(=O)CCc1cccc(Br)c1)C(=O)O. The molecule has 1 rings (SSSR count). The van der Waals surface area contributed by atoms with Gasteiger partial charge < -0.3 is 10.4 Å². The molecule has 0 unspecified atom stereocenters. The first-order chi connectivity index (χ1) is 8.90. The molecule has 0 aliphatic carbocycles. The summed E-state index contributed by atoms with van der Waals surface area (Å²) >= 11 is 3.37. The van der Waals surface area contributed by atoms with E-state index in [0.717, 1.165) is 10.0 Å². The van der Waals surface area contributed by atoms with E-state index < -0.39 is 12.0 Å². The van der Waals surface area contributed by atoms with Crippen molar-refractivity contribution in [3.05, 3.63) is 34.3 Å². The van der Waals surface area contributed by atoms with Crippen LogP contribution in [0.2, 0.25) is 0 Å². The molecule has 0 radical (unpaired) electrons. The maximum atomic E-state index is 11.7. The lowest BCUT2D eigenvalue weighted by Gasteiger charge is -2.17. The van der Waals surface area contributed by atoms with Gasteiger partial charge in [-0.15, -0.1) is 0 Å². The Morgan fingerprint density at radius 3 is 2.58 bits per heavy atom. The van der Waals surface area contributed by atoms with Crippen molar-refractivity contribution in [2.24, 2.45) is 5.92 Å². The number of rotatable bonds is 6. The molecule has 0 aliphatic rings. The maximum absolute atomic E-state index is 11.7. The number of hydrogen-bond donors (Lipinski definition) is 2. The standard InChI is InChI=1S/C14H18BrNO3/c1-9(2)13(14(18)19)16-12(17)7-6-10-4-3-5-11(15)8-10/h3-5,8-9,13H,6-7H2,1-2H3,(H,16,17)(H,18,19)/t13-/m0/s1. The molecular weight excluding hydrogens is 310 g/mol. The summed E-state index contributed by atoms with van der Waals surface area (Å²) in [7, 11) is 0. The van der Waals surface area contributed by atoms with Gasteiger partial charge in [-0.05, 0) is 30.0 Å². The quantitative estimate of drug-likeness (QED) is 0.844. The van der Waals surface area contributed by atoms with Crippen molar-refractivity contribution in [3.8, 4) is 0 Å². The summed E-state index contributed by atoms with van der Waals surface area (Å²) in [6, 6.07) is 6.89. The van der Waals surface area contributed by atoms with Crippen LogP contribution in [-0.4, -0.2) is 23.0 Å². The lowest BCUT2D eigenvalue weighted by atomic mass is 10.0. The number of nitrogens with one attached hydrogen (secondary N) is 1. The molecule has 0 aromatic heterocycles. The molecule has 0 bridgehead atoms. The fourth-order valence-corrected chi connectivity index (χ4v) is 2.16. The average molecular weight is 328 g/mol. The minimum atomic E-state index is -0.995. The smallest absolute Gasteiger partial charge is 0.326 e. The van der Waals surface area contributed by atoms with Crippen LogP contribution in [0.3, 0.4) is 0 Å². The zero-order valence-corrected chi connectivity index (χ0v) is 12.6. The molecule has 0 fully saturated rings. The highest BCUT2D eigenvalue weighted by molar-refractivity contribution is 9.10. The minimum Gasteiger partial charge on any atom is -0.480 e. The molecule has 19 heavy (non-hydrogen) atoms. The lowest BCUT2D eigenvalue weighted by Crippen LogP contribution is -2.44. The molecule has 0 aliphatic heterocycles. The van der Waals surface area contributed by atoms with Gasteiger partial charge in [0.1, 0.15) is 6.04 Å². The van der Waals surface area contributed by atoms with Crippen molar-refractivity contribution in [2.45, 2.75) is 32.7 Å². The van der Waals surface area contributed by atoms with E-state index in [4.69, 9.17) is 5.11 Å². The molecule has 1 aromatic carbocycles. The summed E-state index contributed by atoms with van der Waals surface area (Å²) in [6.07, 6.45) is 0.878. The zero-order valence-electron chi connectivity index (χ0n) is 11.0. The second-order valence-electron chi connectivity index (χ2n) is 4.76. The summed E-state index contributed by atoms with van der Waals surface area (Å²) < 4.78 is 0.969. The summed E-state index contributed by atoms with van der Waals surface area (Å²) in [6.45, 7) is 3.54. The number of aryl methyl sites for hydroxylation is 1. The van der Waals surface area contributed by atoms with Crippen LogP contribution in [0.4, 0.5) is 0 Å². The van der Waals surface area contributed by atoms with Crippen LogP contribution in [0.15, 0.2) is 28.7 Å². The van der Waals surface area contributed by atoms with Crippen molar-refractivity contribution < 1.29 is 14.7 Å². The van der Waals surface area contributed by atoms with E-state index in [1.165, 1.54) is 0 Å². The van der Waals surface area contributed by atoms with E-state index in [1.54, 1.807) is 13.8 Å². The van der Waals surface area contributed by atoms with Gasteiger partial charge in [-0.25, -0.2) is 4.79 Å². The van der Waals surface area contributed by atoms with Gasteiger partial charge in [0.15, 0.2) is 0 Å². The van der Waals surface area contributed by atoms with Gasteiger partial charge >= 0.3 is 5.97 Å². The molecule has 2 N–H and O–H groups in total. The van der Waals surface area contributed by atoms with Gasteiger partial charge in [0.05, 0.1) is 0 Å². The Labute approximate surface area is 121 Å². The number of carboxylic acids is 1. The lowest BCUT2D eigenvalue weighted by molar-refractivity contribution is -0.143. The normalized spacial score (nSPS) is 12.2. The van der Waals surface area contributed by atoms with Crippen LogP contribution in [0.5, 0.6) is 0 Å². The molecule has 0 saturated carbocycles. The monoisotopic (exact) mass is 327 g/mol. The number of carbonyl (C=O) groups excluding carboxylic acids is 1. The number of carboxylic acid groups (broad SMARTS) is 1. The van der Waals surface area contributed by atoms with Gasteiger partial charge in [-0.1, -0.05) is 41.9 Å². The van der Waals surface area contributed by atoms with Crippen molar-refractivity contribution in [2.75, 3.05) is 0 Å². The molecule has 1 amide bonds. The molecule has 1 atom stereocenters.